The van der Waals surface area contributed by atoms with Crippen molar-refractivity contribution < 1.29 is 0 Å². The van der Waals surface area contributed by atoms with E-state index in [9.17, 15) is 0 Å². The van der Waals surface area contributed by atoms with Gasteiger partial charge in [-0.1, -0.05) is 31.5 Å². The summed E-state index contributed by atoms with van der Waals surface area (Å²) < 4.78 is 0. The molecule has 2 aromatic rings. The van der Waals surface area contributed by atoms with Crippen molar-refractivity contribution in [3.8, 4) is 0 Å². The summed E-state index contributed by atoms with van der Waals surface area (Å²) in [5, 5.41) is 5.61. The van der Waals surface area contributed by atoms with Crippen molar-refractivity contribution in [2.24, 2.45) is 0 Å². The monoisotopic (exact) mass is 250 g/mol. The Kier molecular flexibility index (Phi) is 4.08. The van der Waals surface area contributed by atoms with E-state index >= 15 is 0 Å². The van der Waals surface area contributed by atoms with Crippen LogP contribution in [0.5, 0.6) is 0 Å². The van der Waals surface area contributed by atoms with Crippen molar-refractivity contribution in [1.82, 2.24) is 10.3 Å². The first-order chi connectivity index (χ1) is 8.24. The van der Waals surface area contributed by atoms with E-state index in [4.69, 9.17) is 11.6 Å². The molecule has 2 rings (SSSR count). The second-order valence-corrected chi connectivity index (χ2v) is 4.83. The highest BCUT2D eigenvalue weighted by Crippen LogP contribution is 2.22. The van der Waals surface area contributed by atoms with Gasteiger partial charge in [-0.15, -0.1) is 0 Å². The summed E-state index contributed by atoms with van der Waals surface area (Å²) in [6, 6.07) is 6.60. The number of aromatic nitrogens is 1. The molecular formula is C14H19ClN2. The Morgan fingerprint density at radius 1 is 1.29 bits per heavy atom. The zero-order valence-electron chi connectivity index (χ0n) is 10.4. The SMILES string of the molecule is CCC(CC)NCc1c[nH]c2cc(Cl)ccc12. The van der Waals surface area contributed by atoms with Gasteiger partial charge < -0.3 is 10.3 Å². The van der Waals surface area contributed by atoms with E-state index in [1.54, 1.807) is 0 Å². The Bertz CT molecular complexity index is 486. The molecule has 0 bridgehead atoms. The number of fused-ring (bicyclic) bond motifs is 1. The number of halogens is 1. The van der Waals surface area contributed by atoms with Gasteiger partial charge in [0.15, 0.2) is 0 Å². The fourth-order valence-electron chi connectivity index (χ4n) is 2.14. The molecular weight excluding hydrogens is 232 g/mol. The molecule has 2 N–H and O–H groups in total. The summed E-state index contributed by atoms with van der Waals surface area (Å²) in [5.41, 5.74) is 2.42. The first-order valence-corrected chi connectivity index (χ1v) is 6.61. The van der Waals surface area contributed by atoms with E-state index in [1.165, 1.54) is 23.8 Å². The Balaban J connectivity index is 2.14. The van der Waals surface area contributed by atoms with Crippen molar-refractivity contribution >= 4 is 22.5 Å². The van der Waals surface area contributed by atoms with Gasteiger partial charge in [0.2, 0.25) is 0 Å². The number of rotatable bonds is 5. The zero-order chi connectivity index (χ0) is 12.3. The molecule has 17 heavy (non-hydrogen) atoms. The Morgan fingerprint density at radius 3 is 2.76 bits per heavy atom. The van der Waals surface area contributed by atoms with Crippen LogP contribution in [0.2, 0.25) is 5.02 Å². The van der Waals surface area contributed by atoms with Crippen molar-refractivity contribution in [3.63, 3.8) is 0 Å². The molecule has 0 aliphatic rings. The molecule has 0 saturated heterocycles. The molecule has 0 aliphatic carbocycles. The maximum atomic E-state index is 5.96. The van der Waals surface area contributed by atoms with Crippen LogP contribution < -0.4 is 5.32 Å². The van der Waals surface area contributed by atoms with E-state index in [0.717, 1.165) is 17.1 Å². The standard InChI is InChI=1S/C14H19ClN2/c1-3-12(4-2)16-8-10-9-17-14-7-11(15)5-6-13(10)14/h5-7,9,12,16-17H,3-4,8H2,1-2H3. The number of nitrogens with one attached hydrogen (secondary N) is 2. The van der Waals surface area contributed by atoms with Gasteiger partial charge in [-0.3, -0.25) is 0 Å². The summed E-state index contributed by atoms with van der Waals surface area (Å²) in [4.78, 5) is 3.26. The first kappa shape index (κ1) is 12.5. The third-order valence-corrected chi connectivity index (χ3v) is 3.53. The predicted octanol–water partition coefficient (Wildman–Crippen LogP) is 4.10. The lowest BCUT2D eigenvalue weighted by Gasteiger charge is -2.13. The predicted molar refractivity (Wildman–Crippen MR) is 74.5 cm³/mol. The van der Waals surface area contributed by atoms with E-state index in [0.29, 0.717) is 6.04 Å². The summed E-state index contributed by atoms with van der Waals surface area (Å²) in [5.74, 6) is 0. The maximum Gasteiger partial charge on any atom is 0.0472 e. The van der Waals surface area contributed by atoms with Gasteiger partial charge in [-0.25, -0.2) is 0 Å². The van der Waals surface area contributed by atoms with Gasteiger partial charge in [0.25, 0.3) is 0 Å². The van der Waals surface area contributed by atoms with E-state index in [2.05, 4.69) is 36.4 Å². The van der Waals surface area contributed by atoms with Gasteiger partial charge in [-0.05, 0) is 30.5 Å². The van der Waals surface area contributed by atoms with Crippen LogP contribution in [-0.2, 0) is 6.54 Å². The molecule has 1 aromatic heterocycles. The van der Waals surface area contributed by atoms with Gasteiger partial charge in [0, 0.05) is 34.7 Å². The molecule has 0 fully saturated rings. The third-order valence-electron chi connectivity index (χ3n) is 3.30. The molecule has 0 unspecified atom stereocenters. The molecule has 0 aliphatic heterocycles. The quantitative estimate of drug-likeness (QED) is 0.822. The second kappa shape index (κ2) is 5.56. The molecule has 0 spiro atoms. The minimum Gasteiger partial charge on any atom is -0.361 e. The van der Waals surface area contributed by atoms with Crippen LogP contribution in [0.3, 0.4) is 0 Å². The van der Waals surface area contributed by atoms with Crippen LogP contribution >= 0.6 is 11.6 Å². The average Bonchev–Trinajstić information content (AvgIpc) is 2.73. The van der Waals surface area contributed by atoms with Crippen LogP contribution in [0.1, 0.15) is 32.3 Å². The Labute approximate surface area is 107 Å². The number of benzene rings is 1. The summed E-state index contributed by atoms with van der Waals surface area (Å²) >= 11 is 5.96. The topological polar surface area (TPSA) is 27.8 Å². The Hall–Kier alpha value is -0.990. The highest BCUT2D eigenvalue weighted by atomic mass is 35.5. The lowest BCUT2D eigenvalue weighted by molar-refractivity contribution is 0.485. The average molecular weight is 251 g/mol. The normalized spacial score (nSPS) is 11.5. The van der Waals surface area contributed by atoms with Crippen LogP contribution in [-0.4, -0.2) is 11.0 Å². The van der Waals surface area contributed by atoms with E-state index in [-0.39, 0.29) is 0 Å². The molecule has 0 atom stereocenters. The molecule has 3 heteroatoms. The van der Waals surface area contributed by atoms with Crippen LogP contribution in [0.4, 0.5) is 0 Å². The molecule has 2 nitrogen and oxygen atoms in total. The lowest BCUT2D eigenvalue weighted by Crippen LogP contribution is -2.26. The fraction of sp³-hybridized carbons (Fsp3) is 0.429. The largest absolute Gasteiger partial charge is 0.361 e. The molecule has 0 amide bonds. The minimum atomic E-state index is 0.604. The van der Waals surface area contributed by atoms with Crippen molar-refractivity contribution in [2.75, 3.05) is 0 Å². The van der Waals surface area contributed by atoms with Gasteiger partial charge in [-0.2, -0.15) is 0 Å². The highest BCUT2D eigenvalue weighted by Gasteiger charge is 2.06. The highest BCUT2D eigenvalue weighted by molar-refractivity contribution is 6.31. The zero-order valence-corrected chi connectivity index (χ0v) is 11.1. The van der Waals surface area contributed by atoms with Gasteiger partial charge in [0.1, 0.15) is 0 Å². The van der Waals surface area contributed by atoms with Gasteiger partial charge >= 0.3 is 0 Å². The van der Waals surface area contributed by atoms with Gasteiger partial charge in [0.05, 0.1) is 0 Å². The molecule has 1 heterocycles. The summed E-state index contributed by atoms with van der Waals surface area (Å²) in [7, 11) is 0. The smallest absolute Gasteiger partial charge is 0.0472 e. The minimum absolute atomic E-state index is 0.604. The molecule has 1 aromatic carbocycles. The second-order valence-electron chi connectivity index (χ2n) is 4.40. The summed E-state index contributed by atoms with van der Waals surface area (Å²) in [6.45, 7) is 5.35. The number of H-pyrrole nitrogens is 1. The maximum absolute atomic E-state index is 5.96. The first-order valence-electron chi connectivity index (χ1n) is 6.23. The number of hydrogen-bond donors (Lipinski definition) is 2. The van der Waals surface area contributed by atoms with Crippen molar-refractivity contribution in [1.29, 1.82) is 0 Å². The number of aromatic amines is 1. The van der Waals surface area contributed by atoms with Crippen LogP contribution in [0.15, 0.2) is 24.4 Å². The molecule has 0 radical (unpaired) electrons. The lowest BCUT2D eigenvalue weighted by atomic mass is 10.1. The van der Waals surface area contributed by atoms with Crippen molar-refractivity contribution in [3.05, 3.63) is 35.0 Å². The number of hydrogen-bond acceptors (Lipinski definition) is 1. The van der Waals surface area contributed by atoms with Crippen molar-refractivity contribution in [2.45, 2.75) is 39.3 Å². The van der Waals surface area contributed by atoms with Crippen LogP contribution in [0.25, 0.3) is 10.9 Å². The van der Waals surface area contributed by atoms with E-state index in [1.807, 2.05) is 12.1 Å². The van der Waals surface area contributed by atoms with Crippen LogP contribution in [0, 0.1) is 0 Å². The molecule has 0 saturated carbocycles. The summed E-state index contributed by atoms with van der Waals surface area (Å²) in [6.07, 6.45) is 4.41. The third kappa shape index (κ3) is 2.82. The fourth-order valence-corrected chi connectivity index (χ4v) is 2.31. The van der Waals surface area contributed by atoms with E-state index < -0.39 is 0 Å². The Morgan fingerprint density at radius 2 is 2.06 bits per heavy atom. The molecule has 92 valence electrons.